The summed E-state index contributed by atoms with van der Waals surface area (Å²) in [6.07, 6.45) is 0. The topological polar surface area (TPSA) is 83.1 Å². The van der Waals surface area contributed by atoms with Crippen molar-refractivity contribution in [3.63, 3.8) is 0 Å². The number of hydrogen-bond acceptors (Lipinski definition) is 6. The number of hydrogen-bond donors (Lipinski definition) is 3. The molecule has 2 amide bonds. The number of nitrogens with one attached hydrogen (secondary N) is 3. The third-order valence-corrected chi connectivity index (χ3v) is 5.37. The number of carbonyl (C=O) groups is 2. The van der Waals surface area contributed by atoms with Gasteiger partial charge in [0.05, 0.1) is 17.1 Å². The summed E-state index contributed by atoms with van der Waals surface area (Å²) in [5.74, 6) is -0.202. The largest absolute Gasteiger partial charge is 0.351 e. The summed E-state index contributed by atoms with van der Waals surface area (Å²) < 4.78 is 0. The van der Waals surface area contributed by atoms with Crippen LogP contribution >= 0.6 is 35.1 Å². The van der Waals surface area contributed by atoms with E-state index in [1.165, 1.54) is 18.3 Å². The molecule has 0 aliphatic carbocycles. The molecule has 138 valence electrons. The van der Waals surface area contributed by atoms with Crippen molar-refractivity contribution in [3.8, 4) is 10.6 Å². The molecule has 0 spiro atoms. The Morgan fingerprint density at radius 2 is 2.00 bits per heavy atom. The lowest BCUT2D eigenvalue weighted by molar-refractivity contribution is -0.120. The smallest absolute Gasteiger partial charge is 0.230 e. The minimum absolute atomic E-state index is 0. The van der Waals surface area contributed by atoms with Gasteiger partial charge < -0.3 is 16.0 Å². The molecule has 0 aliphatic heterocycles. The highest BCUT2D eigenvalue weighted by Gasteiger charge is 2.17. The fraction of sp³-hybridized carbons (Fsp3) is 0.438. The third-order valence-electron chi connectivity index (χ3n) is 3.39. The van der Waals surface area contributed by atoms with E-state index in [9.17, 15) is 9.59 Å². The first-order chi connectivity index (χ1) is 11.4. The number of carbonyl (C=O) groups excluding carboxylic acids is 2. The van der Waals surface area contributed by atoms with Gasteiger partial charge in [0.1, 0.15) is 0 Å². The third kappa shape index (κ3) is 6.07. The molecule has 2 aromatic heterocycles. The second-order valence-electron chi connectivity index (χ2n) is 5.55. The molecule has 2 heterocycles. The van der Waals surface area contributed by atoms with Crippen LogP contribution in [0.5, 0.6) is 0 Å². The molecular formula is C16H23ClN4O2S2. The fourth-order valence-corrected chi connectivity index (χ4v) is 4.01. The zero-order valence-electron chi connectivity index (χ0n) is 14.6. The number of nitrogens with zero attached hydrogens (tertiary/aromatic N) is 1. The van der Waals surface area contributed by atoms with Crippen LogP contribution in [0.1, 0.15) is 23.6 Å². The SMILES string of the molecule is CNCC(C)C(=O)Nc1nc(-c2ccc(CNC(C)=O)s2)c(C)s1.Cl. The number of anilines is 1. The second-order valence-corrected chi connectivity index (χ2v) is 7.92. The Labute approximate surface area is 161 Å². The highest BCUT2D eigenvalue weighted by Crippen LogP contribution is 2.34. The van der Waals surface area contributed by atoms with Gasteiger partial charge in [0.25, 0.3) is 0 Å². The lowest BCUT2D eigenvalue weighted by atomic mass is 10.2. The van der Waals surface area contributed by atoms with Crippen molar-refractivity contribution in [2.75, 3.05) is 18.9 Å². The number of thiophene rings is 1. The molecular weight excluding hydrogens is 380 g/mol. The minimum Gasteiger partial charge on any atom is -0.351 e. The first-order valence-electron chi connectivity index (χ1n) is 7.67. The van der Waals surface area contributed by atoms with Crippen LogP contribution in [0.15, 0.2) is 12.1 Å². The molecule has 0 fully saturated rings. The van der Waals surface area contributed by atoms with Gasteiger partial charge in [-0.2, -0.15) is 0 Å². The number of rotatable bonds is 7. The van der Waals surface area contributed by atoms with E-state index in [1.807, 2.05) is 33.0 Å². The Kier molecular flexibility index (Phi) is 8.51. The van der Waals surface area contributed by atoms with E-state index >= 15 is 0 Å². The van der Waals surface area contributed by atoms with E-state index in [0.29, 0.717) is 18.2 Å². The van der Waals surface area contributed by atoms with E-state index in [1.54, 1.807) is 11.3 Å². The number of halogens is 1. The van der Waals surface area contributed by atoms with Gasteiger partial charge in [-0.05, 0) is 26.1 Å². The molecule has 25 heavy (non-hydrogen) atoms. The van der Waals surface area contributed by atoms with Crippen LogP contribution in [0.4, 0.5) is 5.13 Å². The highest BCUT2D eigenvalue weighted by atomic mass is 35.5. The standard InChI is InChI=1S/C16H22N4O2S2.ClH/c1-9(7-17-4)15(22)20-16-19-14(10(2)23-16)13-6-5-12(24-13)8-18-11(3)21;/h5-6,9,17H,7-8H2,1-4H3,(H,18,21)(H,19,20,22);1H. The Balaban J connectivity index is 0.00000312. The molecule has 9 heteroatoms. The van der Waals surface area contributed by atoms with Crippen LogP contribution in [0.3, 0.4) is 0 Å². The van der Waals surface area contributed by atoms with Crippen molar-refractivity contribution >= 4 is 52.0 Å². The van der Waals surface area contributed by atoms with Gasteiger partial charge in [-0.3, -0.25) is 9.59 Å². The highest BCUT2D eigenvalue weighted by molar-refractivity contribution is 7.18. The number of aromatic nitrogens is 1. The Hall–Kier alpha value is -1.48. The molecule has 0 saturated carbocycles. The van der Waals surface area contributed by atoms with Crippen molar-refractivity contribution < 1.29 is 9.59 Å². The maximum Gasteiger partial charge on any atom is 0.230 e. The molecule has 0 bridgehead atoms. The predicted molar refractivity (Wildman–Crippen MR) is 107 cm³/mol. The molecule has 0 radical (unpaired) electrons. The quantitative estimate of drug-likeness (QED) is 0.664. The first kappa shape index (κ1) is 21.6. The van der Waals surface area contributed by atoms with Crippen LogP contribution in [0.25, 0.3) is 10.6 Å². The fourth-order valence-electron chi connectivity index (χ4n) is 2.12. The van der Waals surface area contributed by atoms with Crippen molar-refractivity contribution in [3.05, 3.63) is 21.9 Å². The molecule has 2 aromatic rings. The average molecular weight is 403 g/mol. The van der Waals surface area contributed by atoms with E-state index in [-0.39, 0.29) is 30.1 Å². The van der Waals surface area contributed by atoms with Gasteiger partial charge in [0.2, 0.25) is 11.8 Å². The summed E-state index contributed by atoms with van der Waals surface area (Å²) in [5, 5.41) is 9.28. The second kappa shape index (κ2) is 9.86. The van der Waals surface area contributed by atoms with Crippen LogP contribution in [-0.2, 0) is 16.1 Å². The Bertz CT molecular complexity index is 730. The Morgan fingerprint density at radius 1 is 1.28 bits per heavy atom. The minimum atomic E-state index is -0.117. The summed E-state index contributed by atoms with van der Waals surface area (Å²) >= 11 is 3.07. The van der Waals surface area contributed by atoms with Gasteiger partial charge in [-0.15, -0.1) is 35.1 Å². The monoisotopic (exact) mass is 402 g/mol. The number of thiazole rings is 1. The van der Waals surface area contributed by atoms with Crippen molar-refractivity contribution in [1.29, 1.82) is 0 Å². The van der Waals surface area contributed by atoms with Crippen molar-refractivity contribution in [2.45, 2.75) is 27.3 Å². The van der Waals surface area contributed by atoms with E-state index < -0.39 is 0 Å². The summed E-state index contributed by atoms with van der Waals surface area (Å²) in [6, 6.07) is 3.99. The average Bonchev–Trinajstić information content (AvgIpc) is 3.11. The lowest BCUT2D eigenvalue weighted by Crippen LogP contribution is -2.28. The molecule has 3 N–H and O–H groups in total. The molecule has 0 aliphatic rings. The summed E-state index contributed by atoms with van der Waals surface area (Å²) in [4.78, 5) is 30.8. The first-order valence-corrected chi connectivity index (χ1v) is 9.30. The molecule has 0 aromatic carbocycles. The van der Waals surface area contributed by atoms with Crippen LogP contribution in [0.2, 0.25) is 0 Å². The molecule has 1 atom stereocenters. The zero-order valence-corrected chi connectivity index (χ0v) is 17.1. The number of aryl methyl sites for hydroxylation is 1. The molecule has 0 saturated heterocycles. The van der Waals surface area contributed by atoms with Gasteiger partial charge in [-0.1, -0.05) is 6.92 Å². The Morgan fingerprint density at radius 3 is 2.64 bits per heavy atom. The summed E-state index contributed by atoms with van der Waals surface area (Å²) in [6.45, 7) is 6.52. The van der Waals surface area contributed by atoms with Crippen LogP contribution < -0.4 is 16.0 Å². The van der Waals surface area contributed by atoms with E-state index in [2.05, 4.69) is 20.9 Å². The van der Waals surface area contributed by atoms with Gasteiger partial charge in [-0.25, -0.2) is 4.98 Å². The van der Waals surface area contributed by atoms with E-state index in [0.717, 1.165) is 20.3 Å². The maximum atomic E-state index is 12.1. The molecule has 6 nitrogen and oxygen atoms in total. The normalized spacial score (nSPS) is 11.5. The van der Waals surface area contributed by atoms with Crippen LogP contribution in [0, 0.1) is 12.8 Å². The summed E-state index contributed by atoms with van der Waals surface area (Å²) in [7, 11) is 1.82. The van der Waals surface area contributed by atoms with E-state index in [4.69, 9.17) is 0 Å². The van der Waals surface area contributed by atoms with Crippen molar-refractivity contribution in [2.24, 2.45) is 5.92 Å². The number of amides is 2. The summed E-state index contributed by atoms with van der Waals surface area (Å²) in [5.41, 5.74) is 0.885. The molecule has 1 unspecified atom stereocenters. The van der Waals surface area contributed by atoms with Gasteiger partial charge in [0, 0.05) is 29.1 Å². The van der Waals surface area contributed by atoms with Gasteiger partial charge in [0.15, 0.2) is 5.13 Å². The zero-order chi connectivity index (χ0) is 17.7. The maximum absolute atomic E-state index is 12.1. The lowest BCUT2D eigenvalue weighted by Gasteiger charge is -2.09. The van der Waals surface area contributed by atoms with Crippen molar-refractivity contribution in [1.82, 2.24) is 15.6 Å². The van der Waals surface area contributed by atoms with Gasteiger partial charge >= 0.3 is 0 Å². The molecule has 2 rings (SSSR count). The predicted octanol–water partition coefficient (Wildman–Crippen LogP) is 3.03. The van der Waals surface area contributed by atoms with Crippen LogP contribution in [-0.4, -0.2) is 30.4 Å².